The Bertz CT molecular complexity index is 518. The molecule has 2 nitrogen and oxygen atoms in total. The maximum Gasteiger partial charge on any atom is 0.179 e. The molecule has 2 atom stereocenters. The number of halogens is 1. The van der Waals surface area contributed by atoms with Crippen LogP contribution in [0.25, 0.3) is 0 Å². The fourth-order valence-corrected chi connectivity index (χ4v) is 4.89. The van der Waals surface area contributed by atoms with E-state index in [2.05, 4.69) is 13.8 Å². The van der Waals surface area contributed by atoms with Crippen LogP contribution >= 0.6 is 11.6 Å². The normalized spacial score (nSPS) is 25.2. The van der Waals surface area contributed by atoms with E-state index < -0.39 is 9.84 Å². The average Bonchev–Trinajstić information content (AvgIpc) is 2.62. The van der Waals surface area contributed by atoms with Crippen molar-refractivity contribution in [2.45, 2.75) is 31.1 Å². The van der Waals surface area contributed by atoms with Crippen molar-refractivity contribution in [1.82, 2.24) is 0 Å². The Morgan fingerprint density at radius 1 is 1.41 bits per heavy atom. The lowest BCUT2D eigenvalue weighted by Gasteiger charge is -2.32. The van der Waals surface area contributed by atoms with Gasteiger partial charge in [0.1, 0.15) is 0 Å². The molecular weight excluding hydrogens is 256 g/mol. The highest BCUT2D eigenvalue weighted by atomic mass is 35.5. The number of rotatable bonds is 3. The van der Waals surface area contributed by atoms with Gasteiger partial charge in [0.25, 0.3) is 0 Å². The van der Waals surface area contributed by atoms with E-state index in [0.717, 1.165) is 12.0 Å². The minimum absolute atomic E-state index is 0.0196. The van der Waals surface area contributed by atoms with E-state index in [9.17, 15) is 8.42 Å². The van der Waals surface area contributed by atoms with Gasteiger partial charge < -0.3 is 0 Å². The molecular formula is C13H17ClO2S. The summed E-state index contributed by atoms with van der Waals surface area (Å²) in [6.45, 7) is 4.14. The molecule has 0 saturated heterocycles. The largest absolute Gasteiger partial charge is 0.224 e. The highest BCUT2D eigenvalue weighted by molar-refractivity contribution is 7.91. The van der Waals surface area contributed by atoms with Crippen LogP contribution in [0.3, 0.4) is 0 Å². The molecule has 0 amide bonds. The van der Waals surface area contributed by atoms with Crippen molar-refractivity contribution in [3.8, 4) is 0 Å². The Labute approximate surface area is 108 Å². The number of hydrogen-bond acceptors (Lipinski definition) is 2. The topological polar surface area (TPSA) is 34.1 Å². The van der Waals surface area contributed by atoms with Crippen LogP contribution in [0.5, 0.6) is 0 Å². The minimum atomic E-state index is -3.12. The first-order chi connectivity index (χ1) is 7.94. The second-order valence-electron chi connectivity index (χ2n) is 5.01. The summed E-state index contributed by atoms with van der Waals surface area (Å²) in [5, 5.41) is 0. The fourth-order valence-electron chi connectivity index (χ4n) is 2.46. The second-order valence-corrected chi connectivity index (χ2v) is 7.28. The predicted octanol–water partition coefficient (Wildman–Crippen LogP) is 3.21. The maximum absolute atomic E-state index is 12.1. The molecule has 1 aromatic carbocycles. The molecule has 1 heterocycles. The van der Waals surface area contributed by atoms with Crippen LogP contribution in [0.4, 0.5) is 0 Å². The average molecular weight is 273 g/mol. The van der Waals surface area contributed by atoms with Crippen molar-refractivity contribution in [3.63, 3.8) is 0 Å². The lowest BCUT2D eigenvalue weighted by molar-refractivity contribution is 0.298. The molecule has 0 spiro atoms. The Morgan fingerprint density at radius 3 is 2.65 bits per heavy atom. The minimum Gasteiger partial charge on any atom is -0.224 e. The lowest BCUT2D eigenvalue weighted by atomic mass is 9.74. The molecule has 0 aromatic heterocycles. The second kappa shape index (κ2) is 4.29. The molecule has 1 aliphatic heterocycles. The molecule has 0 N–H and O–H groups in total. The molecule has 17 heavy (non-hydrogen) atoms. The van der Waals surface area contributed by atoms with Gasteiger partial charge in [-0.2, -0.15) is 0 Å². The van der Waals surface area contributed by atoms with Gasteiger partial charge in [0.2, 0.25) is 0 Å². The predicted molar refractivity (Wildman–Crippen MR) is 70.4 cm³/mol. The van der Waals surface area contributed by atoms with Crippen molar-refractivity contribution in [1.29, 1.82) is 0 Å². The van der Waals surface area contributed by atoms with Gasteiger partial charge in [-0.1, -0.05) is 32.0 Å². The summed E-state index contributed by atoms with van der Waals surface area (Å²) < 4.78 is 24.2. The van der Waals surface area contributed by atoms with Crippen LogP contribution in [0.15, 0.2) is 29.2 Å². The van der Waals surface area contributed by atoms with E-state index in [1.54, 1.807) is 12.1 Å². The number of fused-ring (bicyclic) bond motifs is 1. The molecule has 1 aromatic rings. The number of hydrogen-bond donors (Lipinski definition) is 0. The molecule has 2 unspecified atom stereocenters. The molecule has 1 aliphatic rings. The number of benzene rings is 1. The van der Waals surface area contributed by atoms with Crippen molar-refractivity contribution < 1.29 is 8.42 Å². The molecule has 2 rings (SSSR count). The number of alkyl halides is 1. The first-order valence-electron chi connectivity index (χ1n) is 5.82. The van der Waals surface area contributed by atoms with E-state index in [4.69, 9.17) is 11.6 Å². The Balaban J connectivity index is 2.56. The molecule has 4 heteroatoms. The van der Waals surface area contributed by atoms with Crippen LogP contribution in [-0.4, -0.2) is 20.1 Å². The zero-order chi connectivity index (χ0) is 12.7. The van der Waals surface area contributed by atoms with Gasteiger partial charge in [0.15, 0.2) is 9.84 Å². The third-order valence-corrected chi connectivity index (χ3v) is 6.39. The highest BCUT2D eigenvalue weighted by Crippen LogP contribution is 2.47. The molecule has 0 fully saturated rings. The SMILES string of the molecule is CCC(C)(CCl)C1CS(=O)(=O)c2ccccc21. The van der Waals surface area contributed by atoms with E-state index in [-0.39, 0.29) is 17.1 Å². The monoisotopic (exact) mass is 272 g/mol. The number of sulfone groups is 1. The zero-order valence-electron chi connectivity index (χ0n) is 10.1. The highest BCUT2D eigenvalue weighted by Gasteiger charge is 2.43. The Morgan fingerprint density at radius 2 is 2.06 bits per heavy atom. The Hall–Kier alpha value is -0.540. The van der Waals surface area contributed by atoms with Crippen molar-refractivity contribution in [3.05, 3.63) is 29.8 Å². The molecule has 94 valence electrons. The van der Waals surface area contributed by atoms with Gasteiger partial charge in [0.05, 0.1) is 10.6 Å². The van der Waals surface area contributed by atoms with E-state index in [0.29, 0.717) is 10.8 Å². The summed E-state index contributed by atoms with van der Waals surface area (Å²) in [7, 11) is -3.12. The van der Waals surface area contributed by atoms with Crippen molar-refractivity contribution in [2.75, 3.05) is 11.6 Å². The van der Waals surface area contributed by atoms with Crippen LogP contribution in [0.2, 0.25) is 0 Å². The third kappa shape index (κ3) is 2.00. The van der Waals surface area contributed by atoms with Crippen LogP contribution in [0.1, 0.15) is 31.7 Å². The summed E-state index contributed by atoms with van der Waals surface area (Å²) in [6.07, 6.45) is 0.880. The zero-order valence-corrected chi connectivity index (χ0v) is 11.7. The summed E-state index contributed by atoms with van der Waals surface area (Å²) >= 11 is 6.05. The van der Waals surface area contributed by atoms with Crippen LogP contribution in [-0.2, 0) is 9.84 Å². The molecule has 0 bridgehead atoms. The van der Waals surface area contributed by atoms with Crippen molar-refractivity contribution >= 4 is 21.4 Å². The van der Waals surface area contributed by atoms with Gasteiger partial charge >= 0.3 is 0 Å². The quantitative estimate of drug-likeness (QED) is 0.792. The fraction of sp³-hybridized carbons (Fsp3) is 0.538. The van der Waals surface area contributed by atoms with Gasteiger partial charge in [-0.15, -0.1) is 11.6 Å². The Kier molecular flexibility index (Phi) is 3.25. The van der Waals surface area contributed by atoms with Gasteiger partial charge in [-0.25, -0.2) is 8.42 Å². The smallest absolute Gasteiger partial charge is 0.179 e. The summed E-state index contributed by atoms with van der Waals surface area (Å²) in [4.78, 5) is 0.495. The first kappa shape index (κ1) is 12.9. The summed E-state index contributed by atoms with van der Waals surface area (Å²) in [6, 6.07) is 7.31. The van der Waals surface area contributed by atoms with E-state index in [1.165, 1.54) is 0 Å². The standard InChI is InChI=1S/C13H17ClO2S/c1-3-13(2,9-14)11-8-17(15,16)12-7-5-4-6-10(11)12/h4-7,11H,3,8-9H2,1-2H3. The molecule has 0 saturated carbocycles. The van der Waals surface area contributed by atoms with Crippen LogP contribution in [0, 0.1) is 5.41 Å². The molecule has 0 aliphatic carbocycles. The van der Waals surface area contributed by atoms with E-state index in [1.807, 2.05) is 12.1 Å². The summed E-state index contributed by atoms with van der Waals surface area (Å²) in [5.74, 6) is 0.702. The van der Waals surface area contributed by atoms with E-state index >= 15 is 0 Å². The lowest BCUT2D eigenvalue weighted by Crippen LogP contribution is -2.28. The van der Waals surface area contributed by atoms with Crippen molar-refractivity contribution in [2.24, 2.45) is 5.41 Å². The third-order valence-electron chi connectivity index (χ3n) is 3.97. The maximum atomic E-state index is 12.1. The van der Waals surface area contributed by atoms with Gasteiger partial charge in [-0.05, 0) is 23.5 Å². The molecule has 0 radical (unpaired) electrons. The van der Waals surface area contributed by atoms with Gasteiger partial charge in [-0.3, -0.25) is 0 Å². The van der Waals surface area contributed by atoms with Crippen LogP contribution < -0.4 is 0 Å². The first-order valence-corrected chi connectivity index (χ1v) is 8.01. The summed E-state index contributed by atoms with van der Waals surface area (Å²) in [5.41, 5.74) is 0.791. The van der Waals surface area contributed by atoms with Gasteiger partial charge in [0, 0.05) is 11.8 Å².